The van der Waals surface area contributed by atoms with Gasteiger partial charge in [-0.2, -0.15) is 5.26 Å². The summed E-state index contributed by atoms with van der Waals surface area (Å²) in [7, 11) is 1.95. The molecule has 3 nitrogen and oxygen atoms in total. The van der Waals surface area contributed by atoms with Crippen molar-refractivity contribution in [2.45, 2.75) is 22.7 Å². The van der Waals surface area contributed by atoms with Gasteiger partial charge in [0.2, 0.25) is 0 Å². The number of imidazole rings is 1. The van der Waals surface area contributed by atoms with E-state index in [1.165, 1.54) is 0 Å². The van der Waals surface area contributed by atoms with E-state index < -0.39 is 0 Å². The van der Waals surface area contributed by atoms with Crippen LogP contribution in [0, 0.1) is 11.3 Å². The SMILES string of the molecule is Cn1ccnc1SC1(C#N)CC1. The van der Waals surface area contributed by atoms with Crippen molar-refractivity contribution in [2.75, 3.05) is 0 Å². The van der Waals surface area contributed by atoms with Crippen LogP contribution in [-0.2, 0) is 7.05 Å². The highest BCUT2D eigenvalue weighted by atomic mass is 32.2. The number of aryl methyl sites for hydroxylation is 1. The predicted molar refractivity (Wildman–Crippen MR) is 46.6 cm³/mol. The molecule has 12 heavy (non-hydrogen) atoms. The van der Waals surface area contributed by atoms with Crippen LogP contribution >= 0.6 is 11.8 Å². The molecule has 1 saturated carbocycles. The largest absolute Gasteiger partial charge is 0.329 e. The first-order valence-corrected chi connectivity index (χ1v) is 4.65. The molecule has 0 radical (unpaired) electrons. The maximum atomic E-state index is 8.84. The lowest BCUT2D eigenvalue weighted by Gasteiger charge is -2.03. The smallest absolute Gasteiger partial charge is 0.169 e. The second-order valence-electron chi connectivity index (χ2n) is 3.03. The second kappa shape index (κ2) is 2.53. The van der Waals surface area contributed by atoms with Gasteiger partial charge in [0, 0.05) is 19.4 Å². The fraction of sp³-hybridized carbons (Fsp3) is 0.500. The van der Waals surface area contributed by atoms with E-state index in [9.17, 15) is 0 Å². The molecule has 0 N–H and O–H groups in total. The summed E-state index contributed by atoms with van der Waals surface area (Å²) in [5, 5.41) is 9.78. The first-order valence-electron chi connectivity index (χ1n) is 3.83. The van der Waals surface area contributed by atoms with Crippen molar-refractivity contribution in [1.82, 2.24) is 9.55 Å². The lowest BCUT2D eigenvalue weighted by Crippen LogP contribution is -2.00. The van der Waals surface area contributed by atoms with Gasteiger partial charge in [0.25, 0.3) is 0 Å². The summed E-state index contributed by atoms with van der Waals surface area (Å²) >= 11 is 1.58. The molecule has 1 aromatic heterocycles. The van der Waals surface area contributed by atoms with Gasteiger partial charge >= 0.3 is 0 Å². The molecule has 0 unspecified atom stereocenters. The predicted octanol–water partition coefficient (Wildman–Crippen LogP) is 1.57. The van der Waals surface area contributed by atoms with Gasteiger partial charge in [0.15, 0.2) is 5.16 Å². The fourth-order valence-corrected chi connectivity index (χ4v) is 1.99. The molecule has 0 amide bonds. The third-order valence-corrected chi connectivity index (χ3v) is 3.44. The lowest BCUT2D eigenvalue weighted by atomic mass is 10.5. The molecule has 62 valence electrons. The van der Waals surface area contributed by atoms with Gasteiger partial charge in [-0.05, 0) is 12.8 Å². The molecular weight excluding hydrogens is 170 g/mol. The zero-order valence-electron chi connectivity index (χ0n) is 6.82. The summed E-state index contributed by atoms with van der Waals surface area (Å²) in [4.78, 5) is 4.16. The zero-order valence-corrected chi connectivity index (χ0v) is 7.64. The van der Waals surface area contributed by atoms with E-state index in [1.807, 2.05) is 17.8 Å². The third-order valence-electron chi connectivity index (χ3n) is 1.97. The van der Waals surface area contributed by atoms with Crippen LogP contribution in [0.3, 0.4) is 0 Å². The van der Waals surface area contributed by atoms with E-state index in [2.05, 4.69) is 11.1 Å². The van der Waals surface area contributed by atoms with Crippen molar-refractivity contribution in [3.8, 4) is 6.07 Å². The van der Waals surface area contributed by atoms with Crippen LogP contribution in [0.2, 0.25) is 0 Å². The summed E-state index contributed by atoms with van der Waals surface area (Å²) < 4.78 is 1.79. The first-order chi connectivity index (χ1) is 5.76. The number of hydrogen-bond acceptors (Lipinski definition) is 3. The number of nitrogens with zero attached hydrogens (tertiary/aromatic N) is 3. The van der Waals surface area contributed by atoms with Crippen molar-refractivity contribution in [1.29, 1.82) is 5.26 Å². The maximum absolute atomic E-state index is 8.84. The van der Waals surface area contributed by atoms with Crippen molar-refractivity contribution >= 4 is 11.8 Å². The maximum Gasteiger partial charge on any atom is 0.169 e. The van der Waals surface area contributed by atoms with Gasteiger partial charge in [-0.25, -0.2) is 4.98 Å². The summed E-state index contributed by atoms with van der Waals surface area (Å²) in [6, 6.07) is 2.33. The van der Waals surface area contributed by atoms with Crippen LogP contribution in [0.25, 0.3) is 0 Å². The molecule has 0 atom stereocenters. The minimum atomic E-state index is -0.154. The normalized spacial score (nSPS) is 18.7. The van der Waals surface area contributed by atoms with E-state index in [-0.39, 0.29) is 4.75 Å². The Hall–Kier alpha value is -0.950. The molecular formula is C8H9N3S. The number of hydrogen-bond donors (Lipinski definition) is 0. The first kappa shape index (κ1) is 7.69. The number of thioether (sulfide) groups is 1. The van der Waals surface area contributed by atoms with Gasteiger partial charge in [-0.3, -0.25) is 0 Å². The fourth-order valence-electron chi connectivity index (χ4n) is 0.975. The Morgan fingerprint density at radius 3 is 2.92 bits per heavy atom. The van der Waals surface area contributed by atoms with Gasteiger partial charge in [-0.1, -0.05) is 11.8 Å². The number of aromatic nitrogens is 2. The highest BCUT2D eigenvalue weighted by Crippen LogP contribution is 2.50. The number of nitriles is 1. The summed E-state index contributed by atoms with van der Waals surface area (Å²) in [6.07, 6.45) is 5.66. The minimum absolute atomic E-state index is 0.154. The van der Waals surface area contributed by atoms with E-state index in [1.54, 1.807) is 18.0 Å². The van der Waals surface area contributed by atoms with Crippen LogP contribution in [0.15, 0.2) is 17.6 Å². The Bertz CT molecular complexity index is 332. The molecule has 0 aliphatic heterocycles. The quantitative estimate of drug-likeness (QED) is 0.692. The summed E-state index contributed by atoms with van der Waals surface area (Å²) in [6.45, 7) is 0. The number of rotatable bonds is 2. The lowest BCUT2D eigenvalue weighted by molar-refractivity contribution is 0.787. The topological polar surface area (TPSA) is 41.6 Å². The molecule has 2 rings (SSSR count). The molecule has 1 fully saturated rings. The monoisotopic (exact) mass is 179 g/mol. The Morgan fingerprint density at radius 1 is 1.75 bits per heavy atom. The summed E-state index contributed by atoms with van der Waals surface area (Å²) in [5.74, 6) is 0. The standard InChI is InChI=1S/C8H9N3S/c1-11-5-4-10-7(11)12-8(6-9)2-3-8/h4-5H,2-3H2,1H3. The van der Waals surface area contributed by atoms with Gasteiger partial charge in [0.05, 0.1) is 6.07 Å². The van der Waals surface area contributed by atoms with Crippen LogP contribution in [0.5, 0.6) is 0 Å². The molecule has 0 saturated heterocycles. The molecule has 0 aromatic carbocycles. The molecule has 1 aliphatic carbocycles. The molecule has 1 aromatic rings. The Balaban J connectivity index is 2.15. The van der Waals surface area contributed by atoms with E-state index in [0.717, 1.165) is 18.0 Å². The van der Waals surface area contributed by atoms with E-state index in [0.29, 0.717) is 0 Å². The van der Waals surface area contributed by atoms with Crippen molar-refractivity contribution in [3.63, 3.8) is 0 Å². The van der Waals surface area contributed by atoms with Gasteiger partial charge < -0.3 is 4.57 Å². The van der Waals surface area contributed by atoms with Crippen molar-refractivity contribution in [3.05, 3.63) is 12.4 Å². The third kappa shape index (κ3) is 1.21. The highest BCUT2D eigenvalue weighted by Gasteiger charge is 2.45. The van der Waals surface area contributed by atoms with Gasteiger partial charge in [0.1, 0.15) is 4.75 Å². The van der Waals surface area contributed by atoms with Crippen LogP contribution in [0.1, 0.15) is 12.8 Å². The Kier molecular flexibility index (Phi) is 1.62. The molecule has 1 aliphatic rings. The summed E-state index contributed by atoms with van der Waals surface area (Å²) in [5.41, 5.74) is 0. The molecule has 1 heterocycles. The highest BCUT2D eigenvalue weighted by molar-refractivity contribution is 8.01. The zero-order chi connectivity index (χ0) is 8.60. The molecule has 0 bridgehead atoms. The molecule has 4 heteroatoms. The van der Waals surface area contributed by atoms with Crippen molar-refractivity contribution < 1.29 is 0 Å². The van der Waals surface area contributed by atoms with Crippen molar-refractivity contribution in [2.24, 2.45) is 7.05 Å². The van der Waals surface area contributed by atoms with Crippen LogP contribution < -0.4 is 0 Å². The van der Waals surface area contributed by atoms with Crippen LogP contribution in [0.4, 0.5) is 0 Å². The van der Waals surface area contributed by atoms with E-state index >= 15 is 0 Å². The van der Waals surface area contributed by atoms with Crippen LogP contribution in [-0.4, -0.2) is 14.3 Å². The van der Waals surface area contributed by atoms with E-state index in [4.69, 9.17) is 5.26 Å². The molecule has 0 spiro atoms. The minimum Gasteiger partial charge on any atom is -0.329 e. The Labute approximate surface area is 75.4 Å². The average Bonchev–Trinajstić information content (AvgIpc) is 2.74. The Morgan fingerprint density at radius 2 is 2.50 bits per heavy atom. The van der Waals surface area contributed by atoms with Gasteiger partial charge in [-0.15, -0.1) is 0 Å². The second-order valence-corrected chi connectivity index (χ2v) is 4.38. The average molecular weight is 179 g/mol.